The van der Waals surface area contributed by atoms with Crippen molar-refractivity contribution in [3.63, 3.8) is 0 Å². The number of fused-ring (bicyclic) bond motifs is 1. The molecule has 0 saturated carbocycles. The van der Waals surface area contributed by atoms with Crippen LogP contribution < -0.4 is 9.64 Å². The SMILES string of the molecule is Cc1ccc(CC(=O)N(CCN2CCOCC2)c2nc3ccc(OC(F)(F)F)cc3s2)cc1.Cl. The molecule has 0 atom stereocenters. The highest BCUT2D eigenvalue weighted by Crippen LogP contribution is 2.33. The molecule has 0 radical (unpaired) electrons. The average molecular weight is 516 g/mol. The van der Waals surface area contributed by atoms with Crippen LogP contribution in [0.25, 0.3) is 10.2 Å². The van der Waals surface area contributed by atoms with Crippen LogP contribution in [0, 0.1) is 6.92 Å². The van der Waals surface area contributed by atoms with Gasteiger partial charge in [0.05, 0.1) is 29.9 Å². The smallest absolute Gasteiger partial charge is 0.406 e. The molecule has 0 spiro atoms. The van der Waals surface area contributed by atoms with E-state index in [1.165, 1.54) is 29.5 Å². The molecular formula is C23H25ClF3N3O3S. The molecule has 1 aliphatic rings. The Hall–Kier alpha value is -2.40. The molecule has 184 valence electrons. The molecule has 1 aromatic heterocycles. The summed E-state index contributed by atoms with van der Waals surface area (Å²) < 4.78 is 47.7. The first-order chi connectivity index (χ1) is 15.8. The fraction of sp³-hybridized carbons (Fsp3) is 0.391. The van der Waals surface area contributed by atoms with Crippen LogP contribution in [0.5, 0.6) is 5.75 Å². The summed E-state index contributed by atoms with van der Waals surface area (Å²) in [5, 5.41) is 0.458. The zero-order valence-electron chi connectivity index (χ0n) is 18.5. The van der Waals surface area contributed by atoms with E-state index >= 15 is 0 Å². The second-order valence-electron chi connectivity index (χ2n) is 7.84. The van der Waals surface area contributed by atoms with Gasteiger partial charge in [-0.25, -0.2) is 4.98 Å². The third-order valence-electron chi connectivity index (χ3n) is 5.33. The van der Waals surface area contributed by atoms with Crippen LogP contribution in [-0.4, -0.2) is 61.5 Å². The van der Waals surface area contributed by atoms with Crippen LogP contribution >= 0.6 is 23.7 Å². The van der Waals surface area contributed by atoms with Gasteiger partial charge in [-0.15, -0.1) is 25.6 Å². The molecular weight excluding hydrogens is 491 g/mol. The largest absolute Gasteiger partial charge is 0.573 e. The van der Waals surface area contributed by atoms with E-state index in [1.54, 1.807) is 4.90 Å². The number of anilines is 1. The monoisotopic (exact) mass is 515 g/mol. The van der Waals surface area contributed by atoms with Gasteiger partial charge < -0.3 is 9.47 Å². The number of alkyl halides is 3. The lowest BCUT2D eigenvalue weighted by Gasteiger charge is -2.29. The van der Waals surface area contributed by atoms with Gasteiger partial charge in [-0.05, 0) is 24.6 Å². The summed E-state index contributed by atoms with van der Waals surface area (Å²) in [5.74, 6) is -0.422. The Bertz CT molecular complexity index is 1100. The molecule has 4 rings (SSSR count). The number of benzene rings is 2. The number of halogens is 4. The topological polar surface area (TPSA) is 54.9 Å². The van der Waals surface area contributed by atoms with Gasteiger partial charge in [0.15, 0.2) is 5.13 Å². The number of hydrogen-bond donors (Lipinski definition) is 0. The molecule has 1 fully saturated rings. The maximum Gasteiger partial charge on any atom is 0.573 e. The number of carbonyl (C=O) groups is 1. The van der Waals surface area contributed by atoms with Crippen molar-refractivity contribution in [2.75, 3.05) is 44.3 Å². The highest BCUT2D eigenvalue weighted by molar-refractivity contribution is 7.22. The van der Waals surface area contributed by atoms with E-state index in [1.807, 2.05) is 31.2 Å². The summed E-state index contributed by atoms with van der Waals surface area (Å²) in [7, 11) is 0. The zero-order chi connectivity index (χ0) is 23.4. The molecule has 11 heteroatoms. The van der Waals surface area contributed by atoms with E-state index in [-0.39, 0.29) is 30.5 Å². The zero-order valence-corrected chi connectivity index (χ0v) is 20.1. The van der Waals surface area contributed by atoms with Crippen molar-refractivity contribution in [3.8, 4) is 5.75 Å². The highest BCUT2D eigenvalue weighted by Gasteiger charge is 2.31. The predicted octanol–water partition coefficient (Wildman–Crippen LogP) is 4.83. The van der Waals surface area contributed by atoms with Crippen LogP contribution in [0.15, 0.2) is 42.5 Å². The number of amides is 1. The number of morpholine rings is 1. The van der Waals surface area contributed by atoms with E-state index in [0.29, 0.717) is 41.7 Å². The molecule has 2 heterocycles. The minimum absolute atomic E-state index is 0. The van der Waals surface area contributed by atoms with Gasteiger partial charge in [0.2, 0.25) is 5.91 Å². The molecule has 2 aromatic carbocycles. The summed E-state index contributed by atoms with van der Waals surface area (Å²) in [6.45, 7) is 5.95. The summed E-state index contributed by atoms with van der Waals surface area (Å²) in [4.78, 5) is 21.7. The Morgan fingerprint density at radius 3 is 2.56 bits per heavy atom. The number of carbonyl (C=O) groups excluding carboxylic acids is 1. The van der Waals surface area contributed by atoms with Gasteiger partial charge in [-0.3, -0.25) is 14.6 Å². The second kappa shape index (κ2) is 11.4. The molecule has 0 aliphatic carbocycles. The Labute approximate surface area is 205 Å². The second-order valence-corrected chi connectivity index (χ2v) is 8.84. The van der Waals surface area contributed by atoms with Crippen LogP contribution in [-0.2, 0) is 16.0 Å². The van der Waals surface area contributed by atoms with Crippen LogP contribution in [0.1, 0.15) is 11.1 Å². The lowest BCUT2D eigenvalue weighted by Crippen LogP contribution is -2.43. The first kappa shape index (κ1) is 26.2. The van der Waals surface area contributed by atoms with Gasteiger partial charge in [-0.1, -0.05) is 41.2 Å². The number of aromatic nitrogens is 1. The summed E-state index contributed by atoms with van der Waals surface area (Å²) in [5.41, 5.74) is 2.52. The minimum Gasteiger partial charge on any atom is -0.406 e. The molecule has 1 saturated heterocycles. The summed E-state index contributed by atoms with van der Waals surface area (Å²) in [6.07, 6.45) is -4.56. The minimum atomic E-state index is -4.77. The Morgan fingerprint density at radius 2 is 1.88 bits per heavy atom. The van der Waals surface area contributed by atoms with Crippen molar-refractivity contribution in [3.05, 3.63) is 53.6 Å². The van der Waals surface area contributed by atoms with Crippen molar-refractivity contribution in [1.82, 2.24) is 9.88 Å². The summed E-state index contributed by atoms with van der Waals surface area (Å²) in [6, 6.07) is 11.8. The molecule has 0 N–H and O–H groups in total. The number of hydrogen-bond acceptors (Lipinski definition) is 6. The maximum atomic E-state index is 13.3. The molecule has 0 unspecified atom stereocenters. The number of rotatable bonds is 7. The van der Waals surface area contributed by atoms with Gasteiger partial charge in [0, 0.05) is 32.2 Å². The van der Waals surface area contributed by atoms with Crippen molar-refractivity contribution in [2.45, 2.75) is 19.7 Å². The van der Waals surface area contributed by atoms with E-state index in [0.717, 1.165) is 24.2 Å². The lowest BCUT2D eigenvalue weighted by atomic mass is 10.1. The summed E-state index contributed by atoms with van der Waals surface area (Å²) >= 11 is 1.18. The molecule has 6 nitrogen and oxygen atoms in total. The van der Waals surface area contributed by atoms with Crippen LogP contribution in [0.3, 0.4) is 0 Å². The molecule has 0 bridgehead atoms. The van der Waals surface area contributed by atoms with Crippen molar-refractivity contribution in [2.24, 2.45) is 0 Å². The third-order valence-corrected chi connectivity index (χ3v) is 6.37. The Morgan fingerprint density at radius 1 is 1.18 bits per heavy atom. The third kappa shape index (κ3) is 7.05. The Kier molecular flexibility index (Phi) is 8.75. The fourth-order valence-corrected chi connectivity index (χ4v) is 4.61. The highest BCUT2D eigenvalue weighted by atomic mass is 35.5. The van der Waals surface area contributed by atoms with Gasteiger partial charge in [0.25, 0.3) is 0 Å². The number of thiazole rings is 1. The van der Waals surface area contributed by atoms with E-state index < -0.39 is 6.36 Å². The van der Waals surface area contributed by atoms with Crippen molar-refractivity contribution < 1.29 is 27.4 Å². The normalized spacial score (nSPS) is 14.6. The number of aryl methyl sites for hydroxylation is 1. The molecule has 3 aromatic rings. The van der Waals surface area contributed by atoms with Crippen molar-refractivity contribution >= 4 is 45.0 Å². The van der Waals surface area contributed by atoms with Crippen LogP contribution in [0.4, 0.5) is 18.3 Å². The maximum absolute atomic E-state index is 13.3. The lowest BCUT2D eigenvalue weighted by molar-refractivity contribution is -0.274. The Balaban J connectivity index is 0.00000324. The quantitative estimate of drug-likeness (QED) is 0.451. The molecule has 1 amide bonds. The first-order valence-corrected chi connectivity index (χ1v) is 11.4. The van der Waals surface area contributed by atoms with Gasteiger partial charge >= 0.3 is 6.36 Å². The first-order valence-electron chi connectivity index (χ1n) is 10.6. The average Bonchev–Trinajstić information content (AvgIpc) is 3.18. The number of nitrogens with zero attached hydrogens (tertiary/aromatic N) is 3. The van der Waals surface area contributed by atoms with Gasteiger partial charge in [-0.2, -0.15) is 0 Å². The molecule has 34 heavy (non-hydrogen) atoms. The van der Waals surface area contributed by atoms with Gasteiger partial charge in [0.1, 0.15) is 5.75 Å². The fourth-order valence-electron chi connectivity index (χ4n) is 3.57. The predicted molar refractivity (Wildman–Crippen MR) is 128 cm³/mol. The van der Waals surface area contributed by atoms with Crippen molar-refractivity contribution in [1.29, 1.82) is 0 Å². The van der Waals surface area contributed by atoms with E-state index in [9.17, 15) is 18.0 Å². The van der Waals surface area contributed by atoms with Crippen LogP contribution in [0.2, 0.25) is 0 Å². The number of ether oxygens (including phenoxy) is 2. The standard InChI is InChI=1S/C23H24F3N3O3S.ClH/c1-16-2-4-17(5-3-16)14-21(30)29(9-8-28-10-12-31-13-11-28)22-27-19-7-6-18(15-20(19)33-22)32-23(24,25)26;/h2-7,15H,8-14H2,1H3;1H. The van der Waals surface area contributed by atoms with E-state index in [4.69, 9.17) is 4.74 Å². The molecule has 1 aliphatic heterocycles. The van der Waals surface area contributed by atoms with E-state index in [2.05, 4.69) is 14.6 Å².